The van der Waals surface area contributed by atoms with E-state index in [0.717, 1.165) is 18.4 Å². The molecule has 1 rings (SSSR count). The topological polar surface area (TPSA) is 76.7 Å². The molecule has 0 heterocycles. The van der Waals surface area contributed by atoms with E-state index in [-0.39, 0.29) is 29.9 Å². The normalized spacial score (nSPS) is 10.5. The Morgan fingerprint density at radius 1 is 1.32 bits per heavy atom. The number of guanidine groups is 1. The molecule has 6 heteroatoms. The van der Waals surface area contributed by atoms with Gasteiger partial charge in [0.1, 0.15) is 6.61 Å². The van der Waals surface area contributed by atoms with Gasteiger partial charge in [0, 0.05) is 19.5 Å². The third-order valence-electron chi connectivity index (χ3n) is 2.74. The molecule has 0 aliphatic carbocycles. The van der Waals surface area contributed by atoms with Gasteiger partial charge in [0.25, 0.3) is 0 Å². The molecular formula is C16H24IN3O2. The van der Waals surface area contributed by atoms with E-state index in [9.17, 15) is 4.79 Å². The lowest BCUT2D eigenvalue weighted by atomic mass is 10.2. The van der Waals surface area contributed by atoms with Gasteiger partial charge in [-0.05, 0) is 18.4 Å². The van der Waals surface area contributed by atoms with Crippen molar-refractivity contribution in [1.29, 1.82) is 0 Å². The summed E-state index contributed by atoms with van der Waals surface area (Å²) in [6.45, 7) is 5.10. The van der Waals surface area contributed by atoms with Crippen molar-refractivity contribution in [3.63, 3.8) is 0 Å². The fraction of sp³-hybridized carbons (Fsp3) is 0.375. The Bertz CT molecular complexity index is 464. The number of carbonyl (C=O) groups excluding carboxylic acids is 1. The van der Waals surface area contributed by atoms with E-state index >= 15 is 0 Å². The molecule has 0 aromatic heterocycles. The number of unbranched alkanes of at least 4 members (excludes halogenated alkanes) is 1. The number of hydrogen-bond acceptors (Lipinski definition) is 3. The second-order valence-electron chi connectivity index (χ2n) is 4.54. The van der Waals surface area contributed by atoms with Gasteiger partial charge < -0.3 is 15.8 Å². The molecule has 0 radical (unpaired) electrons. The average Bonchev–Trinajstić information content (AvgIpc) is 2.51. The van der Waals surface area contributed by atoms with Crippen LogP contribution in [0.1, 0.15) is 24.8 Å². The van der Waals surface area contributed by atoms with Gasteiger partial charge in [-0.3, -0.25) is 9.79 Å². The predicted molar refractivity (Wildman–Crippen MR) is 100 cm³/mol. The van der Waals surface area contributed by atoms with E-state index < -0.39 is 0 Å². The average molecular weight is 417 g/mol. The van der Waals surface area contributed by atoms with Gasteiger partial charge in [0.05, 0.1) is 0 Å². The van der Waals surface area contributed by atoms with Crippen molar-refractivity contribution in [2.45, 2.75) is 25.9 Å². The number of nitrogens with two attached hydrogens (primary N) is 1. The third-order valence-corrected chi connectivity index (χ3v) is 2.74. The highest BCUT2D eigenvalue weighted by Gasteiger charge is 2.02. The molecule has 22 heavy (non-hydrogen) atoms. The number of nitrogens with one attached hydrogen (secondary N) is 1. The lowest BCUT2D eigenvalue weighted by Crippen LogP contribution is -2.31. The molecular weight excluding hydrogens is 393 g/mol. The summed E-state index contributed by atoms with van der Waals surface area (Å²) in [7, 11) is 0. The van der Waals surface area contributed by atoms with E-state index in [2.05, 4.69) is 16.9 Å². The zero-order valence-corrected chi connectivity index (χ0v) is 15.0. The number of nitrogens with zero attached hydrogens (tertiary/aromatic N) is 1. The van der Waals surface area contributed by atoms with Crippen molar-refractivity contribution in [2.75, 3.05) is 13.1 Å². The number of aliphatic imine (C=N–C) groups is 1. The first-order valence-electron chi connectivity index (χ1n) is 7.06. The van der Waals surface area contributed by atoms with E-state index in [1.165, 1.54) is 0 Å². The molecule has 0 aliphatic rings. The lowest BCUT2D eigenvalue weighted by Gasteiger charge is -2.05. The van der Waals surface area contributed by atoms with Crippen molar-refractivity contribution in [1.82, 2.24) is 5.32 Å². The Balaban J connectivity index is 0.00000441. The van der Waals surface area contributed by atoms with Crippen molar-refractivity contribution < 1.29 is 9.53 Å². The van der Waals surface area contributed by atoms with Crippen molar-refractivity contribution in [3.8, 4) is 0 Å². The number of carbonyl (C=O) groups is 1. The summed E-state index contributed by atoms with van der Waals surface area (Å²) in [6.07, 6.45) is 3.66. The summed E-state index contributed by atoms with van der Waals surface area (Å²) in [6, 6.07) is 9.64. The van der Waals surface area contributed by atoms with Gasteiger partial charge in [0.2, 0.25) is 0 Å². The van der Waals surface area contributed by atoms with Crippen LogP contribution in [0.4, 0.5) is 0 Å². The van der Waals surface area contributed by atoms with Gasteiger partial charge in [-0.1, -0.05) is 36.4 Å². The Hall–Kier alpha value is -1.57. The molecule has 0 saturated heterocycles. The quantitative estimate of drug-likeness (QED) is 0.162. The molecule has 1 aromatic carbocycles. The Kier molecular flexibility index (Phi) is 12.2. The van der Waals surface area contributed by atoms with Crippen molar-refractivity contribution in [3.05, 3.63) is 48.6 Å². The molecule has 1 aromatic rings. The fourth-order valence-electron chi connectivity index (χ4n) is 1.62. The summed E-state index contributed by atoms with van der Waals surface area (Å²) in [4.78, 5) is 15.7. The highest BCUT2D eigenvalue weighted by molar-refractivity contribution is 14.0. The van der Waals surface area contributed by atoms with Crippen LogP contribution in [0.25, 0.3) is 0 Å². The number of hydrogen-bond donors (Lipinski definition) is 2. The van der Waals surface area contributed by atoms with Crippen molar-refractivity contribution >= 4 is 35.9 Å². The molecule has 5 nitrogen and oxygen atoms in total. The fourth-order valence-corrected chi connectivity index (χ4v) is 1.62. The van der Waals surface area contributed by atoms with Crippen LogP contribution in [-0.2, 0) is 16.1 Å². The first-order chi connectivity index (χ1) is 10.2. The Morgan fingerprint density at radius 2 is 2.05 bits per heavy atom. The zero-order chi connectivity index (χ0) is 15.3. The van der Waals surface area contributed by atoms with Crippen LogP contribution < -0.4 is 11.1 Å². The second-order valence-corrected chi connectivity index (χ2v) is 4.54. The minimum atomic E-state index is -0.180. The Labute approximate surface area is 149 Å². The molecule has 0 atom stereocenters. The SMILES string of the molecule is C=CCNC(N)=NCCCCC(=O)OCc1ccccc1.I. The third kappa shape index (κ3) is 10.2. The number of rotatable bonds is 9. The predicted octanol–water partition coefficient (Wildman–Crippen LogP) is 2.61. The highest BCUT2D eigenvalue weighted by atomic mass is 127. The Morgan fingerprint density at radius 3 is 2.73 bits per heavy atom. The van der Waals surface area contributed by atoms with Gasteiger partial charge in [0.15, 0.2) is 5.96 Å². The van der Waals surface area contributed by atoms with Gasteiger partial charge in [-0.15, -0.1) is 30.6 Å². The summed E-state index contributed by atoms with van der Waals surface area (Å²) in [5, 5.41) is 2.89. The summed E-state index contributed by atoms with van der Waals surface area (Å²) >= 11 is 0. The molecule has 0 bridgehead atoms. The van der Waals surface area contributed by atoms with Crippen LogP contribution in [0.5, 0.6) is 0 Å². The number of esters is 1. The lowest BCUT2D eigenvalue weighted by molar-refractivity contribution is -0.145. The first-order valence-corrected chi connectivity index (χ1v) is 7.06. The molecule has 0 unspecified atom stereocenters. The summed E-state index contributed by atoms with van der Waals surface area (Å²) in [5.74, 6) is 0.224. The molecule has 122 valence electrons. The van der Waals surface area contributed by atoms with E-state index in [4.69, 9.17) is 10.5 Å². The number of benzene rings is 1. The van der Waals surface area contributed by atoms with Gasteiger partial charge >= 0.3 is 5.97 Å². The smallest absolute Gasteiger partial charge is 0.306 e. The zero-order valence-electron chi connectivity index (χ0n) is 12.7. The van der Waals surface area contributed by atoms with E-state index in [1.54, 1.807) is 6.08 Å². The van der Waals surface area contributed by atoms with Gasteiger partial charge in [-0.25, -0.2) is 0 Å². The van der Waals surface area contributed by atoms with Crippen LogP contribution in [0.2, 0.25) is 0 Å². The minimum absolute atomic E-state index is 0. The molecule has 0 fully saturated rings. The molecule has 0 saturated carbocycles. The first kappa shape index (κ1) is 20.4. The minimum Gasteiger partial charge on any atom is -0.461 e. The number of ether oxygens (including phenoxy) is 1. The monoisotopic (exact) mass is 417 g/mol. The van der Waals surface area contributed by atoms with Crippen LogP contribution in [-0.4, -0.2) is 25.0 Å². The maximum atomic E-state index is 11.5. The molecule has 0 aliphatic heterocycles. The second kappa shape index (κ2) is 13.1. The number of halogens is 1. The van der Waals surface area contributed by atoms with Gasteiger partial charge in [-0.2, -0.15) is 0 Å². The van der Waals surface area contributed by atoms with Crippen molar-refractivity contribution in [2.24, 2.45) is 10.7 Å². The maximum Gasteiger partial charge on any atom is 0.306 e. The van der Waals surface area contributed by atoms with E-state index in [1.807, 2.05) is 30.3 Å². The molecule has 0 spiro atoms. The van der Waals surface area contributed by atoms with Crippen LogP contribution in [0, 0.1) is 0 Å². The van der Waals surface area contributed by atoms with Crippen LogP contribution >= 0.6 is 24.0 Å². The summed E-state index contributed by atoms with van der Waals surface area (Å²) < 4.78 is 5.19. The summed E-state index contributed by atoms with van der Waals surface area (Å²) in [5.41, 5.74) is 6.61. The largest absolute Gasteiger partial charge is 0.461 e. The molecule has 3 N–H and O–H groups in total. The molecule has 0 amide bonds. The van der Waals surface area contributed by atoms with Crippen LogP contribution in [0.15, 0.2) is 48.0 Å². The highest BCUT2D eigenvalue weighted by Crippen LogP contribution is 2.03. The maximum absolute atomic E-state index is 11.5. The van der Waals surface area contributed by atoms with E-state index in [0.29, 0.717) is 32.1 Å². The van der Waals surface area contributed by atoms with Crippen LogP contribution in [0.3, 0.4) is 0 Å². The standard InChI is InChI=1S/C16H23N3O2.HI/c1-2-11-18-16(17)19-12-7-6-10-15(20)21-13-14-8-4-3-5-9-14;/h2-5,8-9H,1,6-7,10-13H2,(H3,17,18,19);1H.